The zero-order valence-corrected chi connectivity index (χ0v) is 17.9. The first kappa shape index (κ1) is 21.8. The molecule has 0 aliphatic carbocycles. The van der Waals surface area contributed by atoms with E-state index in [0.29, 0.717) is 12.0 Å². The lowest BCUT2D eigenvalue weighted by Crippen LogP contribution is -2.49. The number of hydrogen-bond donors (Lipinski definition) is 0. The highest BCUT2D eigenvalue weighted by Crippen LogP contribution is 2.33. The summed E-state index contributed by atoms with van der Waals surface area (Å²) in [6, 6.07) is 8.57. The Bertz CT molecular complexity index is 805. The molecule has 4 rings (SSSR count). The Kier molecular flexibility index (Phi) is 7.67. The molecule has 1 unspecified atom stereocenters. The van der Waals surface area contributed by atoms with E-state index in [1.807, 2.05) is 18.2 Å². The molecule has 3 heterocycles. The van der Waals surface area contributed by atoms with Crippen LogP contribution in [-0.2, 0) is 9.53 Å². The first-order valence-electron chi connectivity index (χ1n) is 10.5. The van der Waals surface area contributed by atoms with E-state index in [4.69, 9.17) is 4.74 Å². The van der Waals surface area contributed by atoms with Crippen molar-refractivity contribution in [1.82, 2.24) is 14.9 Å². The molecule has 158 valence electrons. The Morgan fingerprint density at radius 3 is 2.66 bits per heavy atom. The van der Waals surface area contributed by atoms with Crippen LogP contribution in [0, 0.1) is 5.92 Å². The fourth-order valence-electron chi connectivity index (χ4n) is 4.88. The van der Waals surface area contributed by atoms with E-state index in [0.717, 1.165) is 62.0 Å². The van der Waals surface area contributed by atoms with Gasteiger partial charge in [-0.15, -0.1) is 12.4 Å². The van der Waals surface area contributed by atoms with Gasteiger partial charge < -0.3 is 14.5 Å². The second-order valence-electron chi connectivity index (χ2n) is 7.98. The number of likely N-dealkylation sites (tertiary alicyclic amines) is 1. The van der Waals surface area contributed by atoms with Gasteiger partial charge in [-0.2, -0.15) is 0 Å². The Morgan fingerprint density at radius 2 is 1.86 bits per heavy atom. The molecule has 0 bridgehead atoms. The van der Waals surface area contributed by atoms with Gasteiger partial charge in [0, 0.05) is 38.2 Å². The van der Waals surface area contributed by atoms with Crippen LogP contribution in [0.2, 0.25) is 0 Å². The first-order chi connectivity index (χ1) is 13.8. The zero-order chi connectivity index (χ0) is 19.3. The number of fused-ring (bicyclic) bond motifs is 1. The average molecular weight is 419 g/mol. The maximum absolute atomic E-state index is 12.6. The van der Waals surface area contributed by atoms with Gasteiger partial charge in [0.05, 0.1) is 5.52 Å². The van der Waals surface area contributed by atoms with Gasteiger partial charge in [-0.3, -0.25) is 4.79 Å². The molecule has 2 aliphatic rings. The van der Waals surface area contributed by atoms with Crippen LogP contribution in [0.15, 0.2) is 30.6 Å². The van der Waals surface area contributed by atoms with Crippen molar-refractivity contribution in [3.63, 3.8) is 0 Å². The van der Waals surface area contributed by atoms with Crippen LogP contribution in [-0.4, -0.2) is 60.2 Å². The largest absolute Gasteiger partial charge is 0.375 e. The third kappa shape index (κ3) is 4.81. The number of anilines is 1. The highest BCUT2D eigenvalue weighted by atomic mass is 35.5. The molecule has 1 aromatic heterocycles. The minimum absolute atomic E-state index is 0. The highest BCUT2D eigenvalue weighted by Gasteiger charge is 2.34. The van der Waals surface area contributed by atoms with Gasteiger partial charge in [-0.05, 0) is 43.7 Å². The van der Waals surface area contributed by atoms with Crippen LogP contribution in [0.4, 0.5) is 5.82 Å². The molecule has 0 N–H and O–H groups in total. The predicted molar refractivity (Wildman–Crippen MR) is 118 cm³/mol. The van der Waals surface area contributed by atoms with E-state index in [1.165, 1.54) is 12.8 Å². The van der Waals surface area contributed by atoms with Gasteiger partial charge in [0.15, 0.2) is 0 Å². The number of piperidine rings is 1. The summed E-state index contributed by atoms with van der Waals surface area (Å²) < 4.78 is 5.14. The summed E-state index contributed by atoms with van der Waals surface area (Å²) in [5, 5.41) is 1.12. The lowest BCUT2D eigenvalue weighted by Gasteiger charge is -2.41. The van der Waals surface area contributed by atoms with Crippen molar-refractivity contribution in [1.29, 1.82) is 0 Å². The van der Waals surface area contributed by atoms with E-state index >= 15 is 0 Å². The molecule has 1 atom stereocenters. The molecule has 2 fully saturated rings. The van der Waals surface area contributed by atoms with E-state index in [-0.39, 0.29) is 24.9 Å². The van der Waals surface area contributed by atoms with E-state index < -0.39 is 0 Å². The van der Waals surface area contributed by atoms with E-state index in [2.05, 4.69) is 25.8 Å². The van der Waals surface area contributed by atoms with Crippen molar-refractivity contribution >= 4 is 35.0 Å². The van der Waals surface area contributed by atoms with Gasteiger partial charge in [0.2, 0.25) is 5.91 Å². The lowest BCUT2D eigenvalue weighted by atomic mass is 9.86. The summed E-state index contributed by atoms with van der Waals surface area (Å²) in [7, 11) is 1.61. The number of methoxy groups -OCH3 is 1. The monoisotopic (exact) mass is 418 g/mol. The molecule has 0 saturated carbocycles. The van der Waals surface area contributed by atoms with Gasteiger partial charge in [-0.25, -0.2) is 9.97 Å². The van der Waals surface area contributed by atoms with Crippen LogP contribution >= 0.6 is 12.4 Å². The Balaban J connectivity index is 0.00000240. The lowest BCUT2D eigenvalue weighted by molar-refractivity contribution is -0.138. The first-order valence-corrected chi connectivity index (χ1v) is 10.5. The molecule has 0 spiro atoms. The molecule has 2 saturated heterocycles. The number of carbonyl (C=O) groups is 1. The summed E-state index contributed by atoms with van der Waals surface area (Å²) in [6.45, 7) is 3.04. The number of rotatable bonds is 4. The van der Waals surface area contributed by atoms with Crippen LogP contribution in [0.3, 0.4) is 0 Å². The predicted octanol–water partition coefficient (Wildman–Crippen LogP) is 3.69. The number of para-hydroxylation sites is 1. The molecule has 7 heteroatoms. The van der Waals surface area contributed by atoms with E-state index in [9.17, 15) is 4.79 Å². The van der Waals surface area contributed by atoms with Crippen LogP contribution < -0.4 is 4.90 Å². The molecule has 6 nitrogen and oxygen atoms in total. The van der Waals surface area contributed by atoms with Crippen LogP contribution in [0.5, 0.6) is 0 Å². The van der Waals surface area contributed by atoms with Crippen molar-refractivity contribution in [3.05, 3.63) is 30.6 Å². The second-order valence-corrected chi connectivity index (χ2v) is 7.98. The van der Waals surface area contributed by atoms with Crippen molar-refractivity contribution < 1.29 is 9.53 Å². The third-order valence-electron chi connectivity index (χ3n) is 6.29. The van der Waals surface area contributed by atoms with Gasteiger partial charge >= 0.3 is 0 Å². The quantitative estimate of drug-likeness (QED) is 0.757. The van der Waals surface area contributed by atoms with E-state index in [1.54, 1.807) is 13.4 Å². The van der Waals surface area contributed by atoms with Crippen LogP contribution in [0.25, 0.3) is 10.9 Å². The maximum Gasteiger partial charge on any atom is 0.248 e. The molecular formula is C22H31ClN4O2. The normalized spacial score (nSPS) is 20.9. The molecular weight excluding hydrogens is 388 g/mol. The van der Waals surface area contributed by atoms with Crippen molar-refractivity contribution in [2.45, 2.75) is 44.6 Å². The number of carbonyl (C=O) groups excluding carboxylic acids is 1. The Hall–Kier alpha value is -1.92. The third-order valence-corrected chi connectivity index (χ3v) is 6.29. The summed E-state index contributed by atoms with van der Waals surface area (Å²) in [6.07, 6.45) is 8.53. The summed E-state index contributed by atoms with van der Waals surface area (Å²) in [5.74, 6) is 1.75. The second kappa shape index (κ2) is 10.2. The number of benzene rings is 1. The fraction of sp³-hybridized carbons (Fsp3) is 0.591. The number of ether oxygens (including phenoxy) is 1. The number of nitrogens with zero attached hydrogens (tertiary/aromatic N) is 4. The standard InChI is InChI=1S/C22H30N4O2.ClH/c1-28-15-21(27)26-12-6-2-3-9-20(26)17-10-13-25(14-11-17)22-18-7-4-5-8-19(18)23-16-24-22;/h4-5,7-8,16-17,20H,2-3,6,9-15H2,1H3;1H. The van der Waals surface area contributed by atoms with Crippen molar-refractivity contribution in [3.8, 4) is 0 Å². The van der Waals surface area contributed by atoms with Gasteiger partial charge in [0.25, 0.3) is 0 Å². The molecule has 0 radical (unpaired) electrons. The fourth-order valence-corrected chi connectivity index (χ4v) is 4.88. The average Bonchev–Trinajstić information content (AvgIpc) is 3.00. The minimum Gasteiger partial charge on any atom is -0.375 e. The molecule has 1 amide bonds. The summed E-state index contributed by atoms with van der Waals surface area (Å²) in [5.41, 5.74) is 0.995. The van der Waals surface area contributed by atoms with Gasteiger partial charge in [-0.1, -0.05) is 25.0 Å². The molecule has 1 aromatic carbocycles. The Labute approximate surface area is 179 Å². The smallest absolute Gasteiger partial charge is 0.248 e. The topological polar surface area (TPSA) is 58.6 Å². The highest BCUT2D eigenvalue weighted by molar-refractivity contribution is 5.89. The van der Waals surface area contributed by atoms with Gasteiger partial charge in [0.1, 0.15) is 18.8 Å². The SMILES string of the molecule is COCC(=O)N1CCCCCC1C1CCN(c2ncnc3ccccc23)CC1.Cl. The number of amides is 1. The maximum atomic E-state index is 12.6. The van der Waals surface area contributed by atoms with Crippen molar-refractivity contribution in [2.24, 2.45) is 5.92 Å². The number of hydrogen-bond acceptors (Lipinski definition) is 5. The number of aromatic nitrogens is 2. The number of halogens is 1. The molecule has 2 aromatic rings. The molecule has 2 aliphatic heterocycles. The Morgan fingerprint density at radius 1 is 1.07 bits per heavy atom. The van der Waals surface area contributed by atoms with Crippen LogP contribution in [0.1, 0.15) is 38.5 Å². The molecule has 29 heavy (non-hydrogen) atoms. The zero-order valence-electron chi connectivity index (χ0n) is 17.1. The summed E-state index contributed by atoms with van der Waals surface area (Å²) >= 11 is 0. The van der Waals surface area contributed by atoms with Crippen molar-refractivity contribution in [2.75, 3.05) is 38.3 Å². The minimum atomic E-state index is 0. The summed E-state index contributed by atoms with van der Waals surface area (Å²) in [4.78, 5) is 26.1.